The summed E-state index contributed by atoms with van der Waals surface area (Å²) in [6.45, 7) is 8.56. The van der Waals surface area contributed by atoms with Crippen molar-refractivity contribution in [2.75, 3.05) is 19.7 Å². The molecule has 2 heteroatoms. The normalized spacial score (nSPS) is 12.0. The molecule has 2 N–H and O–H groups in total. The van der Waals surface area contributed by atoms with Crippen LogP contribution in [0.25, 0.3) is 0 Å². The van der Waals surface area contributed by atoms with E-state index in [0.29, 0.717) is 12.0 Å². The van der Waals surface area contributed by atoms with Crippen LogP contribution < -0.4 is 5.32 Å². The fraction of sp³-hybridized carbons (Fsp3) is 1.00. The van der Waals surface area contributed by atoms with Gasteiger partial charge in [-0.25, -0.2) is 0 Å². The molecule has 0 saturated carbocycles. The zero-order valence-electron chi connectivity index (χ0n) is 7.28. The summed E-state index contributed by atoms with van der Waals surface area (Å²) >= 11 is 0. The number of aliphatic hydroxyl groups is 1. The molecule has 0 aromatic heterocycles. The number of rotatable bonds is 5. The zero-order valence-corrected chi connectivity index (χ0v) is 7.28. The quantitative estimate of drug-likeness (QED) is 0.566. The molecular weight excluding hydrogens is 126 g/mol. The van der Waals surface area contributed by atoms with Crippen LogP contribution in [-0.4, -0.2) is 24.8 Å². The van der Waals surface area contributed by atoms with Gasteiger partial charge < -0.3 is 10.4 Å². The Morgan fingerprint density at radius 3 is 2.40 bits per heavy atom. The molecule has 0 bridgehead atoms. The van der Waals surface area contributed by atoms with E-state index in [4.69, 9.17) is 5.11 Å². The molecule has 2 nitrogen and oxygen atoms in total. The third kappa shape index (κ3) is 4.77. The first kappa shape index (κ1) is 9.92. The topological polar surface area (TPSA) is 32.3 Å². The van der Waals surface area contributed by atoms with Crippen molar-refractivity contribution in [3.8, 4) is 0 Å². The van der Waals surface area contributed by atoms with Crippen LogP contribution in [0.1, 0.15) is 27.2 Å². The summed E-state index contributed by atoms with van der Waals surface area (Å²) in [5, 5.41) is 11.6. The predicted octanol–water partition coefficient (Wildman–Crippen LogP) is 1.00. The SMILES string of the molecule is CCC(C)(C)CNCCO. The molecule has 0 spiro atoms. The second kappa shape index (κ2) is 4.69. The fourth-order valence-electron chi connectivity index (χ4n) is 0.631. The molecule has 0 aliphatic carbocycles. The van der Waals surface area contributed by atoms with Gasteiger partial charge in [0.15, 0.2) is 0 Å². The van der Waals surface area contributed by atoms with Crippen molar-refractivity contribution in [3.63, 3.8) is 0 Å². The first-order chi connectivity index (χ1) is 4.62. The highest BCUT2D eigenvalue weighted by atomic mass is 16.3. The van der Waals surface area contributed by atoms with Gasteiger partial charge in [-0.1, -0.05) is 20.8 Å². The Hall–Kier alpha value is -0.0800. The number of aliphatic hydroxyl groups excluding tert-OH is 1. The van der Waals surface area contributed by atoms with Gasteiger partial charge in [-0.15, -0.1) is 0 Å². The Balaban J connectivity index is 3.28. The lowest BCUT2D eigenvalue weighted by molar-refractivity contribution is 0.269. The molecule has 0 atom stereocenters. The minimum atomic E-state index is 0.236. The van der Waals surface area contributed by atoms with Crippen LogP contribution in [0, 0.1) is 5.41 Å². The van der Waals surface area contributed by atoms with E-state index in [1.807, 2.05) is 0 Å². The summed E-state index contributed by atoms with van der Waals surface area (Å²) in [4.78, 5) is 0. The number of hydrogen-bond acceptors (Lipinski definition) is 2. The Labute approximate surface area is 63.6 Å². The standard InChI is InChI=1S/C8H19NO/c1-4-8(2,3)7-9-5-6-10/h9-10H,4-7H2,1-3H3. The molecule has 62 valence electrons. The lowest BCUT2D eigenvalue weighted by Crippen LogP contribution is -2.30. The van der Waals surface area contributed by atoms with Crippen LogP contribution in [0.4, 0.5) is 0 Å². The van der Waals surface area contributed by atoms with E-state index < -0.39 is 0 Å². The largest absolute Gasteiger partial charge is 0.395 e. The van der Waals surface area contributed by atoms with Crippen LogP contribution in [0.3, 0.4) is 0 Å². The minimum absolute atomic E-state index is 0.236. The summed E-state index contributed by atoms with van der Waals surface area (Å²) in [6.07, 6.45) is 1.17. The monoisotopic (exact) mass is 145 g/mol. The van der Waals surface area contributed by atoms with Crippen molar-refractivity contribution in [1.29, 1.82) is 0 Å². The molecule has 0 aromatic carbocycles. The third-order valence-corrected chi connectivity index (χ3v) is 1.85. The van der Waals surface area contributed by atoms with Crippen LogP contribution >= 0.6 is 0 Å². The molecule has 0 aliphatic rings. The van der Waals surface area contributed by atoms with E-state index in [1.165, 1.54) is 6.42 Å². The zero-order chi connectivity index (χ0) is 8.04. The van der Waals surface area contributed by atoms with Crippen molar-refractivity contribution >= 4 is 0 Å². The molecule has 0 aromatic rings. The Morgan fingerprint density at radius 2 is 2.00 bits per heavy atom. The predicted molar refractivity (Wildman–Crippen MR) is 44.0 cm³/mol. The Bertz CT molecular complexity index is 81.3. The second-order valence-corrected chi connectivity index (χ2v) is 3.42. The maximum atomic E-state index is 8.47. The molecule has 0 aliphatic heterocycles. The smallest absolute Gasteiger partial charge is 0.0555 e. The van der Waals surface area contributed by atoms with E-state index in [1.54, 1.807) is 0 Å². The highest BCUT2D eigenvalue weighted by molar-refractivity contribution is 4.68. The van der Waals surface area contributed by atoms with Crippen LogP contribution in [0.15, 0.2) is 0 Å². The summed E-state index contributed by atoms with van der Waals surface area (Å²) in [5.41, 5.74) is 0.370. The molecule has 0 fully saturated rings. The maximum Gasteiger partial charge on any atom is 0.0555 e. The lowest BCUT2D eigenvalue weighted by atomic mass is 9.90. The van der Waals surface area contributed by atoms with Gasteiger partial charge >= 0.3 is 0 Å². The van der Waals surface area contributed by atoms with Crippen LogP contribution in [0.5, 0.6) is 0 Å². The molecule has 10 heavy (non-hydrogen) atoms. The lowest BCUT2D eigenvalue weighted by Gasteiger charge is -2.22. The molecule has 0 saturated heterocycles. The van der Waals surface area contributed by atoms with Gasteiger partial charge in [-0.3, -0.25) is 0 Å². The van der Waals surface area contributed by atoms with Gasteiger partial charge in [0.05, 0.1) is 6.61 Å². The molecule has 0 radical (unpaired) electrons. The van der Waals surface area contributed by atoms with Crippen molar-refractivity contribution in [2.24, 2.45) is 5.41 Å². The van der Waals surface area contributed by atoms with Gasteiger partial charge in [0, 0.05) is 13.1 Å². The summed E-state index contributed by atoms with van der Waals surface area (Å²) < 4.78 is 0. The highest BCUT2D eigenvalue weighted by Crippen LogP contribution is 2.17. The average Bonchev–Trinajstić information content (AvgIpc) is 1.89. The van der Waals surface area contributed by atoms with Crippen molar-refractivity contribution in [2.45, 2.75) is 27.2 Å². The highest BCUT2D eigenvalue weighted by Gasteiger charge is 2.13. The number of nitrogens with one attached hydrogen (secondary N) is 1. The first-order valence-electron chi connectivity index (χ1n) is 3.94. The third-order valence-electron chi connectivity index (χ3n) is 1.85. The summed E-state index contributed by atoms with van der Waals surface area (Å²) in [7, 11) is 0. The second-order valence-electron chi connectivity index (χ2n) is 3.42. The van der Waals surface area contributed by atoms with Gasteiger partial charge in [0.2, 0.25) is 0 Å². The maximum absolute atomic E-state index is 8.47. The van der Waals surface area contributed by atoms with E-state index >= 15 is 0 Å². The molecule has 0 rings (SSSR count). The first-order valence-corrected chi connectivity index (χ1v) is 3.94. The van der Waals surface area contributed by atoms with Crippen LogP contribution in [-0.2, 0) is 0 Å². The fourth-order valence-corrected chi connectivity index (χ4v) is 0.631. The minimum Gasteiger partial charge on any atom is -0.395 e. The van der Waals surface area contributed by atoms with Crippen molar-refractivity contribution < 1.29 is 5.11 Å². The number of hydrogen-bond donors (Lipinski definition) is 2. The van der Waals surface area contributed by atoms with Gasteiger partial charge in [-0.05, 0) is 11.8 Å². The van der Waals surface area contributed by atoms with E-state index in [-0.39, 0.29) is 6.61 Å². The van der Waals surface area contributed by atoms with E-state index in [2.05, 4.69) is 26.1 Å². The van der Waals surface area contributed by atoms with E-state index in [9.17, 15) is 0 Å². The summed E-state index contributed by atoms with van der Waals surface area (Å²) in [5.74, 6) is 0. The molecule has 0 heterocycles. The van der Waals surface area contributed by atoms with Gasteiger partial charge in [-0.2, -0.15) is 0 Å². The van der Waals surface area contributed by atoms with Crippen LogP contribution in [0.2, 0.25) is 0 Å². The average molecular weight is 145 g/mol. The van der Waals surface area contributed by atoms with Crippen molar-refractivity contribution in [1.82, 2.24) is 5.32 Å². The van der Waals surface area contributed by atoms with Gasteiger partial charge in [0.1, 0.15) is 0 Å². The molecule has 0 amide bonds. The molecular formula is C8H19NO. The molecule has 0 unspecified atom stereocenters. The van der Waals surface area contributed by atoms with Gasteiger partial charge in [0.25, 0.3) is 0 Å². The Kier molecular flexibility index (Phi) is 4.65. The summed E-state index contributed by atoms with van der Waals surface area (Å²) in [6, 6.07) is 0. The van der Waals surface area contributed by atoms with E-state index in [0.717, 1.165) is 6.54 Å². The Morgan fingerprint density at radius 1 is 1.40 bits per heavy atom. The van der Waals surface area contributed by atoms with Crippen molar-refractivity contribution in [3.05, 3.63) is 0 Å².